The molecule has 2 rings (SSSR count). The van der Waals surface area contributed by atoms with E-state index in [4.69, 9.17) is 0 Å². The smallest absolute Gasteiger partial charge is 0.284 e. The fraction of sp³-hybridized carbons (Fsp3) is 0.692. The van der Waals surface area contributed by atoms with Crippen molar-refractivity contribution < 1.29 is 18.0 Å². The van der Waals surface area contributed by atoms with Crippen molar-refractivity contribution >= 4 is 5.78 Å². The fourth-order valence-corrected chi connectivity index (χ4v) is 2.81. The topological polar surface area (TPSA) is 34.9 Å². The van der Waals surface area contributed by atoms with E-state index in [2.05, 4.69) is 5.10 Å². The number of rotatable bonds is 2. The van der Waals surface area contributed by atoms with Crippen molar-refractivity contribution in [1.82, 2.24) is 9.78 Å². The van der Waals surface area contributed by atoms with Crippen molar-refractivity contribution in [3.05, 3.63) is 17.0 Å². The zero-order valence-electron chi connectivity index (χ0n) is 11.0. The number of carbonyl (C=O) groups excluding carboxylic acids is 1. The Balaban J connectivity index is 2.37. The minimum atomic E-state index is -4.84. The Bertz CT molecular complexity index is 485. The van der Waals surface area contributed by atoms with Gasteiger partial charge in [0.1, 0.15) is 0 Å². The standard InChI is InChI=1S/C13H17F3N2O/c1-8-11(12(19)13(14,15)16)9(2)18(17-8)10-6-4-3-5-7-10/h10H,3-7H2,1-2H3. The number of nitrogens with zero attached hydrogens (tertiary/aromatic N) is 2. The maximum Gasteiger partial charge on any atom is 0.455 e. The average Bonchev–Trinajstić information content (AvgIpc) is 2.64. The number of aromatic nitrogens is 2. The van der Waals surface area contributed by atoms with Crippen LogP contribution in [0.2, 0.25) is 0 Å². The molecule has 0 radical (unpaired) electrons. The van der Waals surface area contributed by atoms with Crippen LogP contribution in [0.25, 0.3) is 0 Å². The van der Waals surface area contributed by atoms with Crippen LogP contribution in [-0.2, 0) is 0 Å². The van der Waals surface area contributed by atoms with Gasteiger partial charge in [-0.15, -0.1) is 0 Å². The summed E-state index contributed by atoms with van der Waals surface area (Å²) in [6.07, 6.45) is 0.278. The third kappa shape index (κ3) is 2.67. The number of hydrogen-bond acceptors (Lipinski definition) is 2. The second-order valence-corrected chi connectivity index (χ2v) is 5.11. The van der Waals surface area contributed by atoms with E-state index in [-0.39, 0.29) is 17.3 Å². The Morgan fingerprint density at radius 1 is 1.21 bits per heavy atom. The zero-order valence-corrected chi connectivity index (χ0v) is 11.0. The van der Waals surface area contributed by atoms with Gasteiger partial charge < -0.3 is 0 Å². The molecule has 0 spiro atoms. The molecule has 1 aromatic rings. The van der Waals surface area contributed by atoms with E-state index >= 15 is 0 Å². The van der Waals surface area contributed by atoms with E-state index in [1.807, 2.05) is 0 Å². The quantitative estimate of drug-likeness (QED) is 0.770. The maximum absolute atomic E-state index is 12.6. The van der Waals surface area contributed by atoms with Crippen LogP contribution in [0, 0.1) is 13.8 Å². The number of alkyl halides is 3. The third-order valence-corrected chi connectivity index (χ3v) is 3.73. The molecule has 1 heterocycles. The number of aryl methyl sites for hydroxylation is 1. The summed E-state index contributed by atoms with van der Waals surface area (Å²) in [6, 6.07) is 0.127. The highest BCUT2D eigenvalue weighted by molar-refractivity contribution is 6.02. The van der Waals surface area contributed by atoms with Gasteiger partial charge in [-0.2, -0.15) is 18.3 Å². The van der Waals surface area contributed by atoms with Crippen LogP contribution in [0.4, 0.5) is 13.2 Å². The van der Waals surface area contributed by atoms with Gasteiger partial charge in [0.25, 0.3) is 5.78 Å². The summed E-state index contributed by atoms with van der Waals surface area (Å²) >= 11 is 0. The Hall–Kier alpha value is -1.33. The molecule has 0 saturated heterocycles. The van der Waals surface area contributed by atoms with Crippen LogP contribution in [-0.4, -0.2) is 21.7 Å². The first-order valence-corrected chi connectivity index (χ1v) is 6.49. The van der Waals surface area contributed by atoms with Crippen molar-refractivity contribution in [3.8, 4) is 0 Å². The normalized spacial score (nSPS) is 17.7. The lowest BCUT2D eigenvalue weighted by Gasteiger charge is -2.23. The van der Waals surface area contributed by atoms with Gasteiger partial charge >= 0.3 is 6.18 Å². The lowest BCUT2D eigenvalue weighted by atomic mass is 9.95. The summed E-state index contributed by atoms with van der Waals surface area (Å²) in [6.45, 7) is 3.01. The summed E-state index contributed by atoms with van der Waals surface area (Å²) in [5.74, 6) is -1.79. The van der Waals surface area contributed by atoms with Crippen molar-refractivity contribution in [2.45, 2.75) is 58.2 Å². The largest absolute Gasteiger partial charge is 0.455 e. The minimum Gasteiger partial charge on any atom is -0.284 e. The Morgan fingerprint density at radius 2 is 1.79 bits per heavy atom. The molecule has 1 saturated carbocycles. The van der Waals surface area contributed by atoms with E-state index in [0.29, 0.717) is 5.69 Å². The van der Waals surface area contributed by atoms with Crippen LogP contribution in [0.15, 0.2) is 0 Å². The Kier molecular flexibility index (Phi) is 3.69. The molecule has 106 valence electrons. The van der Waals surface area contributed by atoms with E-state index in [1.54, 1.807) is 11.6 Å². The van der Waals surface area contributed by atoms with Crippen molar-refractivity contribution in [3.63, 3.8) is 0 Å². The zero-order chi connectivity index (χ0) is 14.2. The lowest BCUT2D eigenvalue weighted by molar-refractivity contribution is -0.0886. The van der Waals surface area contributed by atoms with E-state index in [1.165, 1.54) is 6.92 Å². The first-order chi connectivity index (χ1) is 8.82. The predicted octanol–water partition coefficient (Wildman–Crippen LogP) is 3.75. The van der Waals surface area contributed by atoms with Gasteiger partial charge in [0.05, 0.1) is 17.3 Å². The molecule has 0 aliphatic heterocycles. The maximum atomic E-state index is 12.6. The highest BCUT2D eigenvalue weighted by atomic mass is 19.4. The van der Waals surface area contributed by atoms with Crippen LogP contribution < -0.4 is 0 Å². The van der Waals surface area contributed by atoms with E-state index in [9.17, 15) is 18.0 Å². The minimum absolute atomic E-state index is 0.127. The van der Waals surface area contributed by atoms with Crippen LogP contribution in [0.5, 0.6) is 0 Å². The highest BCUT2D eigenvalue weighted by Crippen LogP contribution is 2.32. The van der Waals surface area contributed by atoms with E-state index < -0.39 is 12.0 Å². The van der Waals surface area contributed by atoms with Crippen LogP contribution in [0.3, 0.4) is 0 Å². The van der Waals surface area contributed by atoms with Gasteiger partial charge in [0.2, 0.25) is 0 Å². The van der Waals surface area contributed by atoms with E-state index in [0.717, 1.165) is 32.1 Å². The molecule has 1 fully saturated rings. The second kappa shape index (κ2) is 4.98. The molecule has 0 amide bonds. The van der Waals surface area contributed by atoms with Crippen molar-refractivity contribution in [1.29, 1.82) is 0 Å². The van der Waals surface area contributed by atoms with Gasteiger partial charge in [0.15, 0.2) is 0 Å². The molecule has 0 aromatic carbocycles. The summed E-state index contributed by atoms with van der Waals surface area (Å²) in [5, 5.41) is 4.16. The molecule has 3 nitrogen and oxygen atoms in total. The monoisotopic (exact) mass is 274 g/mol. The molecule has 1 aliphatic rings. The molecule has 1 aliphatic carbocycles. The summed E-state index contributed by atoms with van der Waals surface area (Å²) < 4.78 is 39.3. The average molecular weight is 274 g/mol. The Labute approximate surface area is 109 Å². The fourth-order valence-electron chi connectivity index (χ4n) is 2.81. The van der Waals surface area contributed by atoms with Crippen molar-refractivity contribution in [2.24, 2.45) is 0 Å². The van der Waals surface area contributed by atoms with Crippen molar-refractivity contribution in [2.75, 3.05) is 0 Å². The molecular weight excluding hydrogens is 257 g/mol. The molecule has 1 aromatic heterocycles. The molecule has 0 unspecified atom stereocenters. The molecular formula is C13H17F3N2O. The third-order valence-electron chi connectivity index (χ3n) is 3.73. The molecule has 0 N–H and O–H groups in total. The summed E-state index contributed by atoms with van der Waals surface area (Å²) in [5.41, 5.74) is 0.232. The second-order valence-electron chi connectivity index (χ2n) is 5.11. The lowest BCUT2D eigenvalue weighted by Crippen LogP contribution is -2.24. The van der Waals surface area contributed by atoms with Crippen LogP contribution in [0.1, 0.15) is 59.9 Å². The molecule has 6 heteroatoms. The summed E-state index contributed by atoms with van der Waals surface area (Å²) in [7, 11) is 0. The number of halogens is 3. The number of Topliss-reactive ketones (excluding diaryl/α,β-unsaturated/α-hetero) is 1. The summed E-state index contributed by atoms with van der Waals surface area (Å²) in [4.78, 5) is 11.4. The van der Waals surface area contributed by atoms with Crippen LogP contribution >= 0.6 is 0 Å². The van der Waals surface area contributed by atoms with Gasteiger partial charge in [-0.25, -0.2) is 0 Å². The molecule has 0 atom stereocenters. The van der Waals surface area contributed by atoms with Gasteiger partial charge in [-0.1, -0.05) is 19.3 Å². The van der Waals surface area contributed by atoms with Gasteiger partial charge in [-0.3, -0.25) is 9.48 Å². The number of ketones is 1. The number of carbonyl (C=O) groups is 1. The predicted molar refractivity (Wildman–Crippen MR) is 64.2 cm³/mol. The van der Waals surface area contributed by atoms with Gasteiger partial charge in [-0.05, 0) is 26.7 Å². The Morgan fingerprint density at radius 3 is 2.32 bits per heavy atom. The molecule has 19 heavy (non-hydrogen) atoms. The highest BCUT2D eigenvalue weighted by Gasteiger charge is 2.42. The molecule has 0 bridgehead atoms. The number of hydrogen-bond donors (Lipinski definition) is 0. The van der Waals surface area contributed by atoms with Gasteiger partial charge in [0, 0.05) is 5.69 Å². The first kappa shape index (κ1) is 14.1. The first-order valence-electron chi connectivity index (χ1n) is 6.49. The SMILES string of the molecule is Cc1nn(C2CCCCC2)c(C)c1C(=O)C(F)(F)F.